The predicted molar refractivity (Wildman–Crippen MR) is 92.1 cm³/mol. The molecular formula is C17H19N7O. The van der Waals surface area contributed by atoms with Crippen molar-refractivity contribution in [3.05, 3.63) is 30.2 Å². The third kappa shape index (κ3) is 2.06. The number of amides is 2. The number of H-pyrrole nitrogens is 1. The highest BCUT2D eigenvalue weighted by molar-refractivity contribution is 5.79. The molecule has 2 aliphatic heterocycles. The lowest BCUT2D eigenvalue weighted by molar-refractivity contribution is 0.0925. The van der Waals surface area contributed by atoms with Gasteiger partial charge in [0.1, 0.15) is 0 Å². The van der Waals surface area contributed by atoms with Crippen LogP contribution in [0.1, 0.15) is 19.0 Å². The fraction of sp³-hybridized carbons (Fsp3) is 0.412. The third-order valence-corrected chi connectivity index (χ3v) is 5.31. The van der Waals surface area contributed by atoms with Crippen LogP contribution in [0.3, 0.4) is 0 Å². The highest BCUT2D eigenvalue weighted by Crippen LogP contribution is 2.43. The van der Waals surface area contributed by atoms with E-state index in [9.17, 15) is 4.79 Å². The van der Waals surface area contributed by atoms with Crippen LogP contribution in [0.15, 0.2) is 24.5 Å². The van der Waals surface area contributed by atoms with Gasteiger partial charge < -0.3 is 10.2 Å². The summed E-state index contributed by atoms with van der Waals surface area (Å²) in [5, 5.41) is 15.5. The Hall–Kier alpha value is -2.90. The number of fused-ring (bicyclic) bond motifs is 3. The van der Waals surface area contributed by atoms with E-state index in [0.717, 1.165) is 48.3 Å². The van der Waals surface area contributed by atoms with Gasteiger partial charge in [0, 0.05) is 54.4 Å². The summed E-state index contributed by atoms with van der Waals surface area (Å²) in [6.45, 7) is 5.04. The Kier molecular flexibility index (Phi) is 2.92. The van der Waals surface area contributed by atoms with Crippen molar-refractivity contribution in [2.75, 3.05) is 19.6 Å². The molecule has 8 nitrogen and oxygen atoms in total. The number of likely N-dealkylation sites (tertiary alicyclic amines) is 1. The van der Waals surface area contributed by atoms with E-state index < -0.39 is 0 Å². The van der Waals surface area contributed by atoms with Gasteiger partial charge in [0.15, 0.2) is 5.65 Å². The average Bonchev–Trinajstić information content (AvgIpc) is 3.26. The van der Waals surface area contributed by atoms with Gasteiger partial charge in [-0.1, -0.05) is 0 Å². The van der Waals surface area contributed by atoms with Crippen LogP contribution < -0.4 is 5.32 Å². The second kappa shape index (κ2) is 5.05. The van der Waals surface area contributed by atoms with E-state index in [1.54, 1.807) is 6.20 Å². The molecule has 1 fully saturated rings. The number of aromatic amines is 1. The first-order chi connectivity index (χ1) is 12.2. The van der Waals surface area contributed by atoms with Gasteiger partial charge in [-0.15, -0.1) is 0 Å². The second-order valence-electron chi connectivity index (χ2n) is 6.89. The highest BCUT2D eigenvalue weighted by Gasteiger charge is 2.51. The normalized spacial score (nSPS) is 17.7. The number of urea groups is 1. The molecule has 0 saturated carbocycles. The minimum absolute atomic E-state index is 0.0286. The molecule has 5 rings (SSSR count). The van der Waals surface area contributed by atoms with Gasteiger partial charge in [-0.05, 0) is 25.5 Å². The van der Waals surface area contributed by atoms with Crippen LogP contribution >= 0.6 is 0 Å². The molecule has 1 spiro atoms. The van der Waals surface area contributed by atoms with Crippen molar-refractivity contribution in [3.8, 4) is 11.3 Å². The minimum Gasteiger partial charge on any atom is -0.338 e. The Bertz CT molecular complexity index is 966. The first-order valence-electron chi connectivity index (χ1n) is 8.59. The van der Waals surface area contributed by atoms with E-state index in [-0.39, 0.29) is 11.4 Å². The lowest BCUT2D eigenvalue weighted by atomic mass is 9.76. The first kappa shape index (κ1) is 14.4. The number of nitrogens with zero attached hydrogens (tertiary/aromatic N) is 5. The summed E-state index contributed by atoms with van der Waals surface area (Å²) >= 11 is 0. The van der Waals surface area contributed by atoms with Crippen molar-refractivity contribution in [1.29, 1.82) is 0 Å². The van der Waals surface area contributed by atoms with Crippen molar-refractivity contribution in [1.82, 2.24) is 35.2 Å². The summed E-state index contributed by atoms with van der Waals surface area (Å²) in [6.07, 6.45) is 4.64. The van der Waals surface area contributed by atoms with Crippen LogP contribution in [-0.4, -0.2) is 55.5 Å². The standard InChI is InChI=1S/C17H19N7O/c1-2-18-16(25)23-9-17(10-23)3-4-24-14(17)6-13(22-24)11-5-12-8-20-21-15(12)19-7-11/h5-8H,2-4,9-10H2,1H3,(H,18,25)(H,19,20,21). The molecule has 3 aromatic heterocycles. The zero-order valence-electron chi connectivity index (χ0n) is 14.0. The van der Waals surface area contributed by atoms with E-state index in [1.807, 2.05) is 18.0 Å². The van der Waals surface area contributed by atoms with Gasteiger partial charge in [-0.3, -0.25) is 9.78 Å². The predicted octanol–water partition coefficient (Wildman–Crippen LogP) is 1.51. The molecule has 2 aliphatic rings. The SMILES string of the molecule is CCNC(=O)N1CC2(CCn3nc(-c4cnc5[nH]ncc5c4)cc32)C1. The fourth-order valence-electron chi connectivity index (χ4n) is 3.99. The molecule has 0 unspecified atom stereocenters. The van der Waals surface area contributed by atoms with Gasteiger partial charge in [0.25, 0.3) is 0 Å². The van der Waals surface area contributed by atoms with Gasteiger partial charge in [-0.2, -0.15) is 10.2 Å². The van der Waals surface area contributed by atoms with Gasteiger partial charge in [-0.25, -0.2) is 9.78 Å². The van der Waals surface area contributed by atoms with Gasteiger partial charge in [0.2, 0.25) is 0 Å². The van der Waals surface area contributed by atoms with E-state index >= 15 is 0 Å². The molecule has 0 aromatic carbocycles. The number of rotatable bonds is 2. The molecule has 0 radical (unpaired) electrons. The van der Waals surface area contributed by atoms with E-state index in [1.165, 1.54) is 5.69 Å². The molecule has 5 heterocycles. The highest BCUT2D eigenvalue weighted by atomic mass is 16.2. The van der Waals surface area contributed by atoms with Crippen LogP contribution in [0.25, 0.3) is 22.3 Å². The number of hydrogen-bond donors (Lipinski definition) is 2. The molecule has 0 aliphatic carbocycles. The van der Waals surface area contributed by atoms with Crippen molar-refractivity contribution in [2.45, 2.75) is 25.3 Å². The summed E-state index contributed by atoms with van der Waals surface area (Å²) in [5.74, 6) is 0. The number of hydrogen-bond acceptors (Lipinski definition) is 4. The van der Waals surface area contributed by atoms with Crippen molar-refractivity contribution in [3.63, 3.8) is 0 Å². The maximum atomic E-state index is 12.0. The molecule has 1 saturated heterocycles. The third-order valence-electron chi connectivity index (χ3n) is 5.31. The smallest absolute Gasteiger partial charge is 0.317 e. The summed E-state index contributed by atoms with van der Waals surface area (Å²) in [5.41, 5.74) is 4.00. The maximum absolute atomic E-state index is 12.0. The Balaban J connectivity index is 1.43. The molecule has 2 amide bonds. The monoisotopic (exact) mass is 337 g/mol. The van der Waals surface area contributed by atoms with Crippen LogP contribution in [0, 0.1) is 0 Å². The Morgan fingerprint density at radius 3 is 3.08 bits per heavy atom. The summed E-state index contributed by atoms with van der Waals surface area (Å²) < 4.78 is 2.09. The lowest BCUT2D eigenvalue weighted by Gasteiger charge is -2.47. The number of carbonyl (C=O) groups excluding carboxylic acids is 1. The van der Waals surface area contributed by atoms with E-state index in [2.05, 4.69) is 37.3 Å². The maximum Gasteiger partial charge on any atom is 0.317 e. The van der Waals surface area contributed by atoms with Gasteiger partial charge >= 0.3 is 6.03 Å². The molecule has 2 N–H and O–H groups in total. The molecule has 3 aromatic rings. The quantitative estimate of drug-likeness (QED) is 0.741. The minimum atomic E-state index is 0.0286. The van der Waals surface area contributed by atoms with Crippen molar-refractivity contribution < 1.29 is 4.79 Å². The van der Waals surface area contributed by atoms with Crippen LogP contribution in [0.5, 0.6) is 0 Å². The zero-order chi connectivity index (χ0) is 17.0. The topological polar surface area (TPSA) is 91.7 Å². The molecule has 0 bridgehead atoms. The van der Waals surface area contributed by atoms with E-state index in [4.69, 9.17) is 5.10 Å². The Morgan fingerprint density at radius 1 is 1.36 bits per heavy atom. The van der Waals surface area contributed by atoms with Gasteiger partial charge in [0.05, 0.1) is 11.9 Å². The summed E-state index contributed by atoms with van der Waals surface area (Å²) in [6, 6.07) is 4.24. The summed E-state index contributed by atoms with van der Waals surface area (Å²) in [7, 11) is 0. The second-order valence-corrected chi connectivity index (χ2v) is 6.89. The number of aryl methyl sites for hydroxylation is 1. The van der Waals surface area contributed by atoms with Crippen molar-refractivity contribution >= 4 is 17.1 Å². The number of pyridine rings is 1. The van der Waals surface area contributed by atoms with E-state index in [0.29, 0.717) is 6.54 Å². The number of aromatic nitrogens is 5. The Morgan fingerprint density at radius 2 is 2.24 bits per heavy atom. The van der Waals surface area contributed by atoms with Crippen LogP contribution in [-0.2, 0) is 12.0 Å². The fourth-order valence-corrected chi connectivity index (χ4v) is 3.99. The molecule has 25 heavy (non-hydrogen) atoms. The number of carbonyl (C=O) groups is 1. The number of nitrogens with one attached hydrogen (secondary N) is 2. The van der Waals surface area contributed by atoms with Crippen LogP contribution in [0.2, 0.25) is 0 Å². The summed E-state index contributed by atoms with van der Waals surface area (Å²) in [4.78, 5) is 18.3. The first-order valence-corrected chi connectivity index (χ1v) is 8.59. The Labute approximate surface area is 144 Å². The van der Waals surface area contributed by atoms with Crippen molar-refractivity contribution in [2.24, 2.45) is 0 Å². The molecule has 8 heteroatoms. The van der Waals surface area contributed by atoms with Crippen LogP contribution in [0.4, 0.5) is 4.79 Å². The average molecular weight is 337 g/mol. The molecular weight excluding hydrogens is 318 g/mol. The molecule has 0 atom stereocenters. The zero-order valence-corrected chi connectivity index (χ0v) is 14.0. The lowest BCUT2D eigenvalue weighted by Crippen LogP contribution is -2.62. The molecule has 128 valence electrons. The largest absolute Gasteiger partial charge is 0.338 e.